The number of hydrogen-bond acceptors (Lipinski definition) is 5. The third-order valence-corrected chi connectivity index (χ3v) is 6.68. The van der Waals surface area contributed by atoms with Crippen LogP contribution in [0, 0.1) is 0 Å². The number of ether oxygens (including phenoxy) is 1. The quantitative estimate of drug-likeness (QED) is 0.322. The molecule has 0 aliphatic carbocycles. The molecule has 2 aromatic heterocycles. The van der Waals surface area contributed by atoms with Crippen molar-refractivity contribution in [3.8, 4) is 5.75 Å². The number of para-hydroxylation sites is 4. The number of nitrogens with zero attached hydrogens (tertiary/aromatic N) is 3. The van der Waals surface area contributed by atoms with Gasteiger partial charge >= 0.3 is 0 Å². The second kappa shape index (κ2) is 7.84. The molecular weight excluding hydrogens is 420 g/mol. The van der Waals surface area contributed by atoms with Gasteiger partial charge in [0, 0.05) is 17.4 Å². The minimum absolute atomic E-state index is 0.0239. The fraction of sp³-hybridized carbons (Fsp3) is 0.160. The van der Waals surface area contributed by atoms with Gasteiger partial charge in [0.25, 0.3) is 0 Å². The van der Waals surface area contributed by atoms with E-state index in [9.17, 15) is 4.79 Å². The van der Waals surface area contributed by atoms with Gasteiger partial charge in [-0.25, -0.2) is 9.97 Å². The van der Waals surface area contributed by atoms with E-state index in [1.807, 2.05) is 72.8 Å². The molecule has 1 amide bonds. The number of amides is 1. The third kappa shape index (κ3) is 3.26. The van der Waals surface area contributed by atoms with Crippen LogP contribution < -0.4 is 10.1 Å². The Morgan fingerprint density at radius 1 is 1.00 bits per heavy atom. The summed E-state index contributed by atoms with van der Waals surface area (Å²) in [7, 11) is 0. The molecule has 0 spiro atoms. The Labute approximate surface area is 188 Å². The first-order valence-corrected chi connectivity index (χ1v) is 11.6. The standard InChI is InChI=1S/C25H20N4O2S/c30-23(26-19-13-14-31-22-12-6-2-7-16(19)22)15-32-25-28-18-9-3-1-8-17(18)24-27-20-10-4-5-11-21(20)29(24)25/h1-12,19H,13-15H2,(H,26,30). The molecule has 6 nitrogen and oxygen atoms in total. The van der Waals surface area contributed by atoms with Gasteiger partial charge in [0.1, 0.15) is 11.4 Å². The van der Waals surface area contributed by atoms with Crippen molar-refractivity contribution < 1.29 is 9.53 Å². The zero-order valence-corrected chi connectivity index (χ0v) is 18.0. The average Bonchev–Trinajstić information content (AvgIpc) is 3.23. The third-order valence-electron chi connectivity index (χ3n) is 5.74. The fourth-order valence-electron chi connectivity index (χ4n) is 4.27. The van der Waals surface area contributed by atoms with Gasteiger partial charge in [-0.1, -0.05) is 54.2 Å². The first-order chi connectivity index (χ1) is 15.8. The number of imidazole rings is 1. The second-order valence-electron chi connectivity index (χ2n) is 7.75. The van der Waals surface area contributed by atoms with E-state index >= 15 is 0 Å². The predicted molar refractivity (Wildman–Crippen MR) is 126 cm³/mol. The second-order valence-corrected chi connectivity index (χ2v) is 8.70. The first kappa shape index (κ1) is 19.1. The van der Waals surface area contributed by atoms with E-state index in [4.69, 9.17) is 14.7 Å². The summed E-state index contributed by atoms with van der Waals surface area (Å²) in [5, 5.41) is 4.92. The number of fused-ring (bicyclic) bond motifs is 6. The summed E-state index contributed by atoms with van der Waals surface area (Å²) in [6, 6.07) is 23.8. The van der Waals surface area contributed by atoms with E-state index < -0.39 is 0 Å². The van der Waals surface area contributed by atoms with Crippen molar-refractivity contribution in [2.75, 3.05) is 12.4 Å². The summed E-state index contributed by atoms with van der Waals surface area (Å²) >= 11 is 1.43. The highest BCUT2D eigenvalue weighted by atomic mass is 32.2. The molecule has 32 heavy (non-hydrogen) atoms. The van der Waals surface area contributed by atoms with Crippen LogP contribution in [0.4, 0.5) is 0 Å². The smallest absolute Gasteiger partial charge is 0.230 e. The lowest BCUT2D eigenvalue weighted by molar-refractivity contribution is -0.119. The number of thioether (sulfide) groups is 1. The van der Waals surface area contributed by atoms with Gasteiger partial charge in [0.05, 0.1) is 35.0 Å². The van der Waals surface area contributed by atoms with Gasteiger partial charge in [0.15, 0.2) is 5.16 Å². The van der Waals surface area contributed by atoms with Gasteiger partial charge < -0.3 is 10.1 Å². The summed E-state index contributed by atoms with van der Waals surface area (Å²) in [6.45, 7) is 0.600. The lowest BCUT2D eigenvalue weighted by Crippen LogP contribution is -2.33. The van der Waals surface area contributed by atoms with Crippen molar-refractivity contribution in [3.63, 3.8) is 0 Å². The number of hydrogen-bond donors (Lipinski definition) is 1. The Hall–Kier alpha value is -3.58. The van der Waals surface area contributed by atoms with Gasteiger partial charge in [-0.15, -0.1) is 0 Å². The Bertz CT molecular complexity index is 1480. The summed E-state index contributed by atoms with van der Waals surface area (Å²) in [6.07, 6.45) is 0.762. The maximum atomic E-state index is 12.9. The molecule has 0 saturated carbocycles. The van der Waals surface area contributed by atoms with Crippen LogP contribution >= 0.6 is 11.8 Å². The monoisotopic (exact) mass is 440 g/mol. The van der Waals surface area contributed by atoms with Crippen LogP contribution in [0.15, 0.2) is 78.0 Å². The minimum Gasteiger partial charge on any atom is -0.493 e. The molecule has 1 atom stereocenters. The van der Waals surface area contributed by atoms with Crippen molar-refractivity contribution >= 4 is 45.3 Å². The zero-order valence-electron chi connectivity index (χ0n) is 17.2. The SMILES string of the molecule is O=C(CSc1nc2ccccc2c2nc3ccccc3n12)NC1CCOc2ccccc21. The van der Waals surface area contributed by atoms with Gasteiger partial charge in [-0.2, -0.15) is 0 Å². The Balaban J connectivity index is 1.31. The highest BCUT2D eigenvalue weighted by Crippen LogP contribution is 2.32. The number of carbonyl (C=O) groups is 1. The molecular formula is C25H20N4O2S. The topological polar surface area (TPSA) is 68.5 Å². The predicted octanol–water partition coefficient (Wildman–Crippen LogP) is 4.77. The van der Waals surface area contributed by atoms with E-state index in [0.29, 0.717) is 6.61 Å². The number of aromatic nitrogens is 3. The average molecular weight is 441 g/mol. The van der Waals surface area contributed by atoms with Crippen molar-refractivity contribution in [3.05, 3.63) is 78.4 Å². The molecule has 3 heterocycles. The van der Waals surface area contributed by atoms with E-state index in [1.54, 1.807) is 0 Å². The largest absolute Gasteiger partial charge is 0.493 e. The fourth-order valence-corrected chi connectivity index (χ4v) is 5.09. The van der Waals surface area contributed by atoms with E-state index in [-0.39, 0.29) is 17.7 Å². The van der Waals surface area contributed by atoms with Crippen LogP contribution in [0.5, 0.6) is 5.75 Å². The van der Waals surface area contributed by atoms with Gasteiger partial charge in [-0.05, 0) is 30.3 Å². The van der Waals surface area contributed by atoms with E-state index in [2.05, 4.69) is 9.72 Å². The molecule has 6 rings (SSSR count). The molecule has 0 radical (unpaired) electrons. The Morgan fingerprint density at radius 2 is 1.78 bits per heavy atom. The maximum absolute atomic E-state index is 12.9. The number of nitrogens with one attached hydrogen (secondary N) is 1. The van der Waals surface area contributed by atoms with Gasteiger partial charge in [0.2, 0.25) is 5.91 Å². The van der Waals surface area contributed by atoms with Crippen LogP contribution in [0.2, 0.25) is 0 Å². The summed E-state index contributed by atoms with van der Waals surface area (Å²) in [4.78, 5) is 22.6. The van der Waals surface area contributed by atoms with E-state index in [0.717, 1.165) is 50.5 Å². The Kier molecular flexibility index (Phi) is 4.69. The summed E-state index contributed by atoms with van der Waals surface area (Å²) in [5.74, 6) is 1.09. The van der Waals surface area contributed by atoms with Crippen molar-refractivity contribution in [1.29, 1.82) is 0 Å². The van der Waals surface area contributed by atoms with Crippen LogP contribution in [0.25, 0.3) is 27.6 Å². The molecule has 0 bridgehead atoms. The molecule has 1 N–H and O–H groups in total. The zero-order chi connectivity index (χ0) is 21.5. The molecule has 3 aromatic carbocycles. The Morgan fingerprint density at radius 3 is 2.72 bits per heavy atom. The molecule has 0 saturated heterocycles. The highest BCUT2D eigenvalue weighted by Gasteiger charge is 2.23. The molecule has 158 valence electrons. The van der Waals surface area contributed by atoms with Gasteiger partial charge in [-0.3, -0.25) is 9.20 Å². The lowest BCUT2D eigenvalue weighted by Gasteiger charge is -2.26. The maximum Gasteiger partial charge on any atom is 0.230 e. The molecule has 1 aliphatic rings. The van der Waals surface area contributed by atoms with Crippen LogP contribution in [0.3, 0.4) is 0 Å². The molecule has 7 heteroatoms. The normalized spacial score (nSPS) is 15.6. The highest BCUT2D eigenvalue weighted by molar-refractivity contribution is 7.99. The summed E-state index contributed by atoms with van der Waals surface area (Å²) < 4.78 is 7.76. The minimum atomic E-state index is -0.0355. The van der Waals surface area contributed by atoms with Crippen LogP contribution in [-0.4, -0.2) is 32.6 Å². The molecule has 0 fully saturated rings. The van der Waals surface area contributed by atoms with Crippen LogP contribution in [-0.2, 0) is 4.79 Å². The number of benzene rings is 3. The number of rotatable bonds is 4. The molecule has 1 unspecified atom stereocenters. The van der Waals surface area contributed by atoms with E-state index in [1.165, 1.54) is 11.8 Å². The molecule has 5 aromatic rings. The van der Waals surface area contributed by atoms with Crippen LogP contribution in [0.1, 0.15) is 18.0 Å². The van der Waals surface area contributed by atoms with Crippen molar-refractivity contribution in [2.45, 2.75) is 17.6 Å². The first-order valence-electron chi connectivity index (χ1n) is 10.6. The van der Waals surface area contributed by atoms with Crippen molar-refractivity contribution in [1.82, 2.24) is 19.7 Å². The number of carbonyl (C=O) groups excluding carboxylic acids is 1. The lowest BCUT2D eigenvalue weighted by atomic mass is 10.0. The van der Waals surface area contributed by atoms with Crippen molar-refractivity contribution in [2.24, 2.45) is 0 Å². The molecule has 1 aliphatic heterocycles. The summed E-state index contributed by atoms with van der Waals surface area (Å²) in [5.41, 5.74) is 4.66.